The molecule has 1 saturated heterocycles. The average molecular weight is 428 g/mol. The molecular weight excluding hydrogens is 394 g/mol. The molecule has 0 spiro atoms. The van der Waals surface area contributed by atoms with E-state index in [9.17, 15) is 9.90 Å². The molecule has 1 aromatic rings. The number of rotatable bonds is 5. The topological polar surface area (TPSA) is 68.2 Å². The summed E-state index contributed by atoms with van der Waals surface area (Å²) >= 11 is 0. The number of carbonyl (C=O) groups is 1. The van der Waals surface area contributed by atoms with Gasteiger partial charge in [-0.2, -0.15) is 0 Å². The van der Waals surface area contributed by atoms with Crippen LogP contribution in [0.25, 0.3) is 0 Å². The Morgan fingerprint density at radius 1 is 1.16 bits per heavy atom. The molecule has 1 amide bonds. The van der Waals surface area contributed by atoms with Crippen molar-refractivity contribution >= 4 is 6.09 Å². The summed E-state index contributed by atoms with van der Waals surface area (Å²) in [6.45, 7) is 4.74. The summed E-state index contributed by atoms with van der Waals surface area (Å²) in [5.41, 5.74) is 3.37. The second-order valence-corrected chi connectivity index (χ2v) is 9.18. The van der Waals surface area contributed by atoms with Crippen LogP contribution in [0.4, 0.5) is 4.79 Å². The maximum absolute atomic E-state index is 12.2. The van der Waals surface area contributed by atoms with E-state index >= 15 is 0 Å². The van der Waals surface area contributed by atoms with Crippen LogP contribution in [0.5, 0.6) is 11.5 Å². The van der Waals surface area contributed by atoms with Gasteiger partial charge < -0.3 is 24.2 Å². The van der Waals surface area contributed by atoms with Gasteiger partial charge in [0.15, 0.2) is 11.5 Å². The first-order valence-electron chi connectivity index (χ1n) is 11.1. The normalized spacial score (nSPS) is 26.7. The summed E-state index contributed by atoms with van der Waals surface area (Å²) in [6.07, 6.45) is 7.87. The molecule has 1 unspecified atom stereocenters. The van der Waals surface area contributed by atoms with Crippen LogP contribution >= 0.6 is 0 Å². The van der Waals surface area contributed by atoms with Crippen molar-refractivity contribution in [2.75, 3.05) is 27.3 Å². The van der Waals surface area contributed by atoms with Gasteiger partial charge in [-0.1, -0.05) is 25.1 Å². The number of benzene rings is 1. The highest BCUT2D eigenvalue weighted by Crippen LogP contribution is 2.47. The van der Waals surface area contributed by atoms with E-state index in [-0.39, 0.29) is 18.1 Å². The molecule has 2 fully saturated rings. The molecule has 3 atom stereocenters. The van der Waals surface area contributed by atoms with Crippen molar-refractivity contribution in [3.8, 4) is 11.5 Å². The molecule has 3 aliphatic rings. The van der Waals surface area contributed by atoms with Crippen molar-refractivity contribution in [1.29, 1.82) is 0 Å². The standard InChI is InChI=1S/C25H33NO5/c1-16(27)25(2)15-26(24(28)30-4)14-21(25)19-9-10-22(29-3)23(13-19)31-20-11-17-7-5-6-8-18(17)12-20/h7-10,13,16,20-21,27H,5-6,11-12,14-15H2,1-4H3/t16?,21-,25-/m0/s1. The molecule has 4 rings (SSSR count). The molecule has 6 nitrogen and oxygen atoms in total. The van der Waals surface area contributed by atoms with Gasteiger partial charge in [0, 0.05) is 37.3 Å². The fourth-order valence-electron chi connectivity index (χ4n) is 5.23. The number of nitrogens with zero attached hydrogens (tertiary/aromatic N) is 1. The van der Waals surface area contributed by atoms with Gasteiger partial charge in [-0.25, -0.2) is 4.79 Å². The van der Waals surface area contributed by atoms with Gasteiger partial charge in [0.2, 0.25) is 0 Å². The summed E-state index contributed by atoms with van der Waals surface area (Å²) in [4.78, 5) is 13.9. The first kappa shape index (κ1) is 21.8. The number of carbonyl (C=O) groups excluding carboxylic acids is 1. The fraction of sp³-hybridized carbons (Fsp3) is 0.560. The van der Waals surface area contributed by atoms with E-state index in [1.807, 2.05) is 25.1 Å². The Morgan fingerprint density at radius 2 is 1.84 bits per heavy atom. The first-order valence-corrected chi connectivity index (χ1v) is 11.1. The molecule has 31 heavy (non-hydrogen) atoms. The maximum Gasteiger partial charge on any atom is 0.409 e. The lowest BCUT2D eigenvalue weighted by Crippen LogP contribution is -2.38. The highest BCUT2D eigenvalue weighted by Gasteiger charge is 2.49. The molecule has 0 bridgehead atoms. The molecule has 1 aliphatic heterocycles. The zero-order chi connectivity index (χ0) is 22.2. The number of fused-ring (bicyclic) bond motifs is 1. The van der Waals surface area contributed by atoms with Crippen LogP contribution in [-0.4, -0.2) is 55.6 Å². The number of likely N-dealkylation sites (tertiary alicyclic amines) is 1. The van der Waals surface area contributed by atoms with Gasteiger partial charge in [-0.05, 0) is 48.6 Å². The molecule has 1 N–H and O–H groups in total. The molecule has 1 aromatic carbocycles. The molecular formula is C25H33NO5. The number of amides is 1. The molecule has 168 valence electrons. The lowest BCUT2D eigenvalue weighted by molar-refractivity contribution is 0.0470. The summed E-state index contributed by atoms with van der Waals surface area (Å²) in [5, 5.41) is 10.6. The second-order valence-electron chi connectivity index (χ2n) is 9.18. The van der Waals surface area contributed by atoms with Crippen LogP contribution in [0, 0.1) is 5.41 Å². The van der Waals surface area contributed by atoms with Crippen LogP contribution in [0.3, 0.4) is 0 Å². The third kappa shape index (κ3) is 4.05. The van der Waals surface area contributed by atoms with Gasteiger partial charge in [-0.15, -0.1) is 0 Å². The van der Waals surface area contributed by atoms with E-state index in [1.165, 1.54) is 18.3 Å². The third-order valence-corrected chi connectivity index (χ3v) is 7.26. The van der Waals surface area contributed by atoms with Crippen molar-refractivity contribution in [1.82, 2.24) is 4.90 Å². The lowest BCUT2D eigenvalue weighted by Gasteiger charge is -2.33. The molecule has 0 radical (unpaired) electrons. The average Bonchev–Trinajstić information content (AvgIpc) is 3.34. The van der Waals surface area contributed by atoms with Crippen molar-refractivity contribution in [2.24, 2.45) is 5.41 Å². The second kappa shape index (κ2) is 8.58. The van der Waals surface area contributed by atoms with Gasteiger partial charge in [-0.3, -0.25) is 0 Å². The minimum Gasteiger partial charge on any atom is -0.493 e. The fourth-order valence-corrected chi connectivity index (χ4v) is 5.23. The zero-order valence-electron chi connectivity index (χ0n) is 18.9. The van der Waals surface area contributed by atoms with Gasteiger partial charge >= 0.3 is 6.09 Å². The van der Waals surface area contributed by atoms with Crippen molar-refractivity contribution in [3.05, 3.63) is 47.1 Å². The Morgan fingerprint density at radius 3 is 2.42 bits per heavy atom. The van der Waals surface area contributed by atoms with Crippen molar-refractivity contribution < 1.29 is 24.1 Å². The molecule has 0 aromatic heterocycles. The summed E-state index contributed by atoms with van der Waals surface area (Å²) in [6, 6.07) is 5.96. The van der Waals surface area contributed by atoms with Crippen LogP contribution in [0.1, 0.15) is 51.0 Å². The number of hydrogen-bond acceptors (Lipinski definition) is 5. The molecule has 1 saturated carbocycles. The summed E-state index contributed by atoms with van der Waals surface area (Å²) < 4.78 is 17.0. The van der Waals surface area contributed by atoms with Crippen molar-refractivity contribution in [2.45, 2.75) is 57.7 Å². The monoisotopic (exact) mass is 427 g/mol. The summed E-state index contributed by atoms with van der Waals surface area (Å²) in [7, 11) is 3.04. The van der Waals surface area contributed by atoms with Crippen molar-refractivity contribution in [3.63, 3.8) is 0 Å². The van der Waals surface area contributed by atoms with Gasteiger partial charge in [0.05, 0.1) is 20.3 Å². The number of aliphatic hydroxyl groups is 1. The lowest BCUT2D eigenvalue weighted by atomic mass is 9.72. The predicted octanol–water partition coefficient (Wildman–Crippen LogP) is 4.44. The number of ether oxygens (including phenoxy) is 3. The first-order chi connectivity index (χ1) is 14.9. The Hall–Kier alpha value is -2.47. The largest absolute Gasteiger partial charge is 0.493 e. The van der Waals surface area contributed by atoms with Gasteiger partial charge in [0.25, 0.3) is 0 Å². The number of allylic oxidation sites excluding steroid dienone is 2. The number of aliphatic hydroxyl groups excluding tert-OH is 1. The Kier molecular flexibility index (Phi) is 6.02. The molecule has 6 heteroatoms. The van der Waals surface area contributed by atoms with E-state index in [4.69, 9.17) is 14.2 Å². The minimum absolute atomic E-state index is 0.0450. The minimum atomic E-state index is -0.588. The smallest absolute Gasteiger partial charge is 0.409 e. The van der Waals surface area contributed by atoms with E-state index in [2.05, 4.69) is 12.2 Å². The predicted molar refractivity (Wildman–Crippen MR) is 119 cm³/mol. The molecule has 1 heterocycles. The van der Waals surface area contributed by atoms with Crippen LogP contribution in [-0.2, 0) is 4.74 Å². The van der Waals surface area contributed by atoms with Crippen LogP contribution in [0.2, 0.25) is 0 Å². The Labute approximate surface area is 184 Å². The quantitative estimate of drug-likeness (QED) is 0.753. The highest BCUT2D eigenvalue weighted by atomic mass is 16.5. The summed E-state index contributed by atoms with van der Waals surface area (Å²) in [5.74, 6) is 1.37. The van der Waals surface area contributed by atoms with Crippen LogP contribution < -0.4 is 9.47 Å². The van der Waals surface area contributed by atoms with E-state index in [1.54, 1.807) is 18.9 Å². The highest BCUT2D eigenvalue weighted by molar-refractivity contribution is 5.68. The van der Waals surface area contributed by atoms with E-state index in [0.29, 0.717) is 24.6 Å². The van der Waals surface area contributed by atoms with Crippen LogP contribution in [0.15, 0.2) is 41.5 Å². The Bertz CT molecular complexity index is 883. The SMILES string of the molecule is COC(=O)N1C[C@@H](c2ccc(OC)c(OC3CC4=CCCC=C4C3)c2)[C@](C)(C(C)O)C1. The van der Waals surface area contributed by atoms with Gasteiger partial charge in [0.1, 0.15) is 6.10 Å². The maximum atomic E-state index is 12.2. The van der Waals surface area contributed by atoms with E-state index in [0.717, 1.165) is 31.2 Å². The number of methoxy groups -OCH3 is 2. The Balaban J connectivity index is 1.61. The van der Waals surface area contributed by atoms with E-state index < -0.39 is 11.5 Å². The third-order valence-electron chi connectivity index (χ3n) is 7.26. The number of hydrogen-bond donors (Lipinski definition) is 1. The zero-order valence-corrected chi connectivity index (χ0v) is 18.9. The molecule has 2 aliphatic carbocycles.